The van der Waals surface area contributed by atoms with E-state index in [0.29, 0.717) is 40.9 Å². The molecule has 0 spiro atoms. The van der Waals surface area contributed by atoms with Crippen molar-refractivity contribution in [2.75, 3.05) is 38.2 Å². The Kier molecular flexibility index (Phi) is 6.11. The maximum atomic E-state index is 13.3. The van der Waals surface area contributed by atoms with Crippen molar-refractivity contribution >= 4 is 39.6 Å². The minimum absolute atomic E-state index is 0.0892. The SMILES string of the molecule is O=C(CN1CCOCC1)Nc1sc2c(c1C(=O)c1ccccc1Cl)CCCC2. The van der Waals surface area contributed by atoms with E-state index < -0.39 is 0 Å². The van der Waals surface area contributed by atoms with Gasteiger partial charge in [-0.3, -0.25) is 14.5 Å². The number of rotatable bonds is 5. The molecule has 1 aliphatic heterocycles. The number of hydrogen-bond donors (Lipinski definition) is 1. The van der Waals surface area contributed by atoms with Gasteiger partial charge >= 0.3 is 0 Å². The second kappa shape index (κ2) is 8.74. The maximum absolute atomic E-state index is 13.3. The quantitative estimate of drug-likeness (QED) is 0.750. The molecule has 1 fully saturated rings. The molecule has 0 unspecified atom stereocenters. The van der Waals surface area contributed by atoms with Gasteiger partial charge in [-0.25, -0.2) is 0 Å². The molecule has 2 heterocycles. The lowest BCUT2D eigenvalue weighted by atomic mass is 9.92. The lowest BCUT2D eigenvalue weighted by molar-refractivity contribution is -0.118. The molecule has 148 valence electrons. The normalized spacial score (nSPS) is 17.2. The van der Waals surface area contributed by atoms with E-state index in [1.165, 1.54) is 4.88 Å². The first kappa shape index (κ1) is 19.6. The second-order valence-corrected chi connectivity index (χ2v) is 8.67. The highest BCUT2D eigenvalue weighted by atomic mass is 35.5. The summed E-state index contributed by atoms with van der Waals surface area (Å²) in [5.74, 6) is -0.194. The highest BCUT2D eigenvalue weighted by Crippen LogP contribution is 2.40. The minimum atomic E-state index is -0.105. The summed E-state index contributed by atoms with van der Waals surface area (Å²) in [5, 5.41) is 4.12. The van der Waals surface area contributed by atoms with Crippen LogP contribution in [0.2, 0.25) is 5.02 Å². The summed E-state index contributed by atoms with van der Waals surface area (Å²) in [5.41, 5.74) is 2.20. The maximum Gasteiger partial charge on any atom is 0.239 e. The number of anilines is 1. The van der Waals surface area contributed by atoms with Crippen molar-refractivity contribution in [3.8, 4) is 0 Å². The van der Waals surface area contributed by atoms with Gasteiger partial charge in [-0.05, 0) is 43.4 Å². The smallest absolute Gasteiger partial charge is 0.239 e. The molecule has 1 amide bonds. The van der Waals surface area contributed by atoms with Crippen LogP contribution < -0.4 is 5.32 Å². The molecular weight excluding hydrogens is 396 g/mol. The van der Waals surface area contributed by atoms with Crippen molar-refractivity contribution in [1.82, 2.24) is 4.90 Å². The Morgan fingerprint density at radius 1 is 1.14 bits per heavy atom. The van der Waals surface area contributed by atoms with Crippen LogP contribution in [0.15, 0.2) is 24.3 Å². The van der Waals surface area contributed by atoms with Crippen LogP contribution in [0, 0.1) is 0 Å². The summed E-state index contributed by atoms with van der Waals surface area (Å²) in [7, 11) is 0. The fourth-order valence-electron chi connectivity index (χ4n) is 3.80. The molecule has 4 rings (SSSR count). The Hall–Kier alpha value is -1.73. The molecule has 0 bridgehead atoms. The fourth-order valence-corrected chi connectivity index (χ4v) is 5.33. The average molecular weight is 419 g/mol. The first-order valence-corrected chi connectivity index (χ1v) is 10.9. The van der Waals surface area contributed by atoms with E-state index >= 15 is 0 Å². The molecule has 1 N–H and O–H groups in total. The number of nitrogens with zero attached hydrogens (tertiary/aromatic N) is 1. The molecule has 5 nitrogen and oxygen atoms in total. The number of ether oxygens (including phenoxy) is 1. The summed E-state index contributed by atoms with van der Waals surface area (Å²) in [6, 6.07) is 7.10. The van der Waals surface area contributed by atoms with Crippen molar-refractivity contribution in [3.63, 3.8) is 0 Å². The lowest BCUT2D eigenvalue weighted by Gasteiger charge is -2.25. The van der Waals surface area contributed by atoms with Crippen LogP contribution in [0.5, 0.6) is 0 Å². The molecule has 1 saturated heterocycles. The van der Waals surface area contributed by atoms with Crippen LogP contribution in [-0.4, -0.2) is 49.4 Å². The highest BCUT2D eigenvalue weighted by Gasteiger charge is 2.28. The van der Waals surface area contributed by atoms with Gasteiger partial charge < -0.3 is 10.1 Å². The topological polar surface area (TPSA) is 58.6 Å². The number of ketones is 1. The number of morpholine rings is 1. The zero-order chi connectivity index (χ0) is 19.5. The number of amides is 1. The number of fused-ring (bicyclic) bond motifs is 1. The van der Waals surface area contributed by atoms with Crippen molar-refractivity contribution in [2.24, 2.45) is 0 Å². The third kappa shape index (κ3) is 4.15. The number of thiophene rings is 1. The van der Waals surface area contributed by atoms with Gasteiger partial charge in [-0.2, -0.15) is 0 Å². The Bertz CT molecular complexity index is 890. The van der Waals surface area contributed by atoms with Crippen molar-refractivity contribution in [3.05, 3.63) is 50.9 Å². The van der Waals surface area contributed by atoms with Gasteiger partial charge in [-0.1, -0.05) is 23.7 Å². The van der Waals surface area contributed by atoms with E-state index in [1.54, 1.807) is 23.5 Å². The van der Waals surface area contributed by atoms with Gasteiger partial charge in [0.25, 0.3) is 0 Å². The molecule has 0 atom stereocenters. The first-order chi connectivity index (χ1) is 13.6. The number of benzene rings is 1. The van der Waals surface area contributed by atoms with E-state index in [0.717, 1.165) is 44.3 Å². The Balaban J connectivity index is 1.61. The summed E-state index contributed by atoms with van der Waals surface area (Å²) in [6.45, 7) is 3.11. The first-order valence-electron chi connectivity index (χ1n) is 9.67. The molecule has 2 aromatic rings. The third-order valence-corrected chi connectivity index (χ3v) is 6.78. The van der Waals surface area contributed by atoms with E-state index in [-0.39, 0.29) is 11.7 Å². The monoisotopic (exact) mass is 418 g/mol. The van der Waals surface area contributed by atoms with Crippen molar-refractivity contribution in [1.29, 1.82) is 0 Å². The van der Waals surface area contributed by atoms with Crippen LogP contribution in [-0.2, 0) is 22.4 Å². The largest absolute Gasteiger partial charge is 0.379 e. The number of nitrogens with one attached hydrogen (secondary N) is 1. The van der Waals surface area contributed by atoms with Gasteiger partial charge in [-0.15, -0.1) is 11.3 Å². The molecular formula is C21H23ClN2O3S. The zero-order valence-electron chi connectivity index (χ0n) is 15.6. The molecule has 28 heavy (non-hydrogen) atoms. The van der Waals surface area contributed by atoms with Gasteiger partial charge in [0.2, 0.25) is 5.91 Å². The molecule has 1 aromatic heterocycles. The summed E-state index contributed by atoms with van der Waals surface area (Å²) in [6.07, 6.45) is 4.01. The predicted molar refractivity (Wildman–Crippen MR) is 112 cm³/mol. The van der Waals surface area contributed by atoms with Crippen LogP contribution >= 0.6 is 22.9 Å². The van der Waals surface area contributed by atoms with E-state index in [4.69, 9.17) is 16.3 Å². The molecule has 0 saturated carbocycles. The van der Waals surface area contributed by atoms with Gasteiger partial charge in [0.05, 0.1) is 30.3 Å². The Labute approximate surface area is 173 Å². The molecule has 0 radical (unpaired) electrons. The van der Waals surface area contributed by atoms with Crippen LogP contribution in [0.3, 0.4) is 0 Å². The molecule has 1 aliphatic carbocycles. The third-order valence-electron chi connectivity index (χ3n) is 5.24. The average Bonchev–Trinajstić information content (AvgIpc) is 3.06. The summed E-state index contributed by atoms with van der Waals surface area (Å²) in [4.78, 5) is 29.3. The van der Waals surface area contributed by atoms with E-state index in [1.807, 2.05) is 12.1 Å². The van der Waals surface area contributed by atoms with Crippen LogP contribution in [0.25, 0.3) is 0 Å². The Morgan fingerprint density at radius 3 is 2.68 bits per heavy atom. The lowest BCUT2D eigenvalue weighted by Crippen LogP contribution is -2.41. The van der Waals surface area contributed by atoms with Crippen LogP contribution in [0.1, 0.15) is 39.2 Å². The fraction of sp³-hybridized carbons (Fsp3) is 0.429. The highest BCUT2D eigenvalue weighted by molar-refractivity contribution is 7.17. The molecule has 1 aromatic carbocycles. The van der Waals surface area contributed by atoms with E-state index in [9.17, 15) is 9.59 Å². The number of carbonyl (C=O) groups is 2. The second-order valence-electron chi connectivity index (χ2n) is 7.16. The minimum Gasteiger partial charge on any atom is -0.379 e. The van der Waals surface area contributed by atoms with Gasteiger partial charge in [0.15, 0.2) is 5.78 Å². The summed E-state index contributed by atoms with van der Waals surface area (Å²) < 4.78 is 5.34. The van der Waals surface area contributed by atoms with Crippen LogP contribution in [0.4, 0.5) is 5.00 Å². The number of halogens is 1. The molecule has 2 aliphatic rings. The van der Waals surface area contributed by atoms with E-state index in [2.05, 4.69) is 10.2 Å². The summed E-state index contributed by atoms with van der Waals surface area (Å²) >= 11 is 7.82. The van der Waals surface area contributed by atoms with Gasteiger partial charge in [0.1, 0.15) is 5.00 Å². The number of aryl methyl sites for hydroxylation is 1. The molecule has 7 heteroatoms. The number of hydrogen-bond acceptors (Lipinski definition) is 5. The van der Waals surface area contributed by atoms with Crippen molar-refractivity contribution < 1.29 is 14.3 Å². The number of carbonyl (C=O) groups excluding carboxylic acids is 2. The Morgan fingerprint density at radius 2 is 1.89 bits per heavy atom. The van der Waals surface area contributed by atoms with Crippen molar-refractivity contribution in [2.45, 2.75) is 25.7 Å². The zero-order valence-corrected chi connectivity index (χ0v) is 17.2. The predicted octanol–water partition coefficient (Wildman–Crippen LogP) is 3.78. The standard InChI is InChI=1S/C21H23ClN2O3S/c22-16-7-3-1-5-14(16)20(26)19-15-6-2-4-8-17(15)28-21(19)23-18(25)13-24-9-11-27-12-10-24/h1,3,5,7H,2,4,6,8-13H2,(H,23,25). The van der Waals surface area contributed by atoms with Gasteiger partial charge in [0, 0.05) is 23.5 Å².